The summed E-state index contributed by atoms with van der Waals surface area (Å²) in [6, 6.07) is 9.66. The second-order valence-electron chi connectivity index (χ2n) is 8.09. The van der Waals surface area contributed by atoms with Gasteiger partial charge in [-0.3, -0.25) is 14.5 Å². The molecule has 1 aliphatic rings. The highest BCUT2D eigenvalue weighted by molar-refractivity contribution is 6.06. The number of carbonyl (C=O) groups excluding carboxylic acids is 2. The van der Waals surface area contributed by atoms with Crippen LogP contribution in [0.5, 0.6) is 0 Å². The number of benzene rings is 1. The molecule has 4 heterocycles. The molecule has 0 radical (unpaired) electrons. The van der Waals surface area contributed by atoms with E-state index in [1.54, 1.807) is 30.5 Å². The largest absolute Gasteiger partial charge is 0.380 e. The molecule has 1 aromatic carbocycles. The van der Waals surface area contributed by atoms with Gasteiger partial charge in [-0.05, 0) is 19.1 Å². The number of hydrogen-bond acceptors (Lipinski definition) is 11. The van der Waals surface area contributed by atoms with Crippen LogP contribution in [0.2, 0.25) is 0 Å². The molecule has 14 heteroatoms. The maximum Gasteiger partial charge on any atom is 0.260 e. The summed E-state index contributed by atoms with van der Waals surface area (Å²) in [7, 11) is 0. The number of nitrogen functional groups attached to an aromatic ring is 1. The minimum atomic E-state index is -2.22. The fourth-order valence-electron chi connectivity index (χ4n) is 3.74. The van der Waals surface area contributed by atoms with E-state index in [1.165, 1.54) is 28.8 Å². The predicted octanol–water partition coefficient (Wildman–Crippen LogP) is 0.379. The summed E-state index contributed by atoms with van der Waals surface area (Å²) in [5.41, 5.74) is 4.14. The van der Waals surface area contributed by atoms with Gasteiger partial charge in [0.05, 0.1) is 18.5 Å². The molecular weight excluding hydrogens is 470 g/mol. The van der Waals surface area contributed by atoms with Gasteiger partial charge in [0, 0.05) is 36.3 Å². The van der Waals surface area contributed by atoms with Crippen molar-refractivity contribution in [3.8, 4) is 11.9 Å². The number of aromatic nitrogens is 5. The molecular formula is C22H19N9O5. The van der Waals surface area contributed by atoms with Crippen LogP contribution in [0.25, 0.3) is 16.8 Å². The molecule has 4 N–H and O–H groups in total. The van der Waals surface area contributed by atoms with E-state index in [2.05, 4.69) is 25.5 Å². The minimum Gasteiger partial charge on any atom is -0.380 e. The van der Waals surface area contributed by atoms with E-state index >= 15 is 0 Å². The molecule has 1 unspecified atom stereocenters. The molecule has 2 amide bonds. The summed E-state index contributed by atoms with van der Waals surface area (Å²) in [6.45, 7) is 1.41. The number of amides is 2. The smallest absolute Gasteiger partial charge is 0.260 e. The highest BCUT2D eigenvalue weighted by atomic mass is 16.5. The van der Waals surface area contributed by atoms with Crippen molar-refractivity contribution in [3.63, 3.8) is 0 Å². The molecule has 0 saturated carbocycles. The molecule has 2 atom stereocenters. The van der Waals surface area contributed by atoms with Gasteiger partial charge in [0.2, 0.25) is 5.82 Å². The Morgan fingerprint density at radius 2 is 2.17 bits per heavy atom. The van der Waals surface area contributed by atoms with Gasteiger partial charge in [0.1, 0.15) is 6.07 Å². The SMILES string of the molecule is CC(O)(C(=O)Nc1ccc2c(N)noc2c1)[C@H]1OCCN(c2ccn(-c3ccnc(C#N)n3)n2)C1=O. The molecule has 0 spiro atoms. The Kier molecular flexibility index (Phi) is 5.55. The third-order valence-corrected chi connectivity index (χ3v) is 5.64. The Morgan fingerprint density at radius 1 is 1.33 bits per heavy atom. The molecule has 3 aromatic heterocycles. The minimum absolute atomic E-state index is 0.0277. The molecule has 1 aliphatic heterocycles. The summed E-state index contributed by atoms with van der Waals surface area (Å²) in [6.07, 6.45) is 1.49. The van der Waals surface area contributed by atoms with Crippen LogP contribution in [0.1, 0.15) is 12.7 Å². The monoisotopic (exact) mass is 489 g/mol. The summed E-state index contributed by atoms with van der Waals surface area (Å²) in [5, 5.41) is 31.2. The first-order valence-corrected chi connectivity index (χ1v) is 10.7. The fourth-order valence-corrected chi connectivity index (χ4v) is 3.74. The Morgan fingerprint density at radius 3 is 2.97 bits per heavy atom. The number of ether oxygens (including phenoxy) is 1. The van der Waals surface area contributed by atoms with Crippen molar-refractivity contribution in [2.75, 3.05) is 29.1 Å². The predicted molar refractivity (Wildman–Crippen MR) is 124 cm³/mol. The Labute approximate surface area is 202 Å². The van der Waals surface area contributed by atoms with E-state index in [-0.39, 0.29) is 30.6 Å². The van der Waals surface area contributed by atoms with Crippen molar-refractivity contribution >= 4 is 40.1 Å². The van der Waals surface area contributed by atoms with Crippen LogP contribution in [0.15, 0.2) is 47.2 Å². The van der Waals surface area contributed by atoms with Gasteiger partial charge in [-0.1, -0.05) is 5.16 Å². The van der Waals surface area contributed by atoms with E-state index in [0.29, 0.717) is 22.5 Å². The van der Waals surface area contributed by atoms with E-state index in [0.717, 1.165) is 0 Å². The van der Waals surface area contributed by atoms with Gasteiger partial charge < -0.3 is 25.4 Å². The van der Waals surface area contributed by atoms with Gasteiger partial charge in [-0.15, -0.1) is 5.10 Å². The summed E-state index contributed by atoms with van der Waals surface area (Å²) >= 11 is 0. The zero-order valence-electron chi connectivity index (χ0n) is 18.8. The van der Waals surface area contributed by atoms with Gasteiger partial charge in [0.25, 0.3) is 11.8 Å². The Bertz CT molecular complexity index is 1520. The van der Waals surface area contributed by atoms with E-state index in [1.807, 2.05) is 6.07 Å². The van der Waals surface area contributed by atoms with Gasteiger partial charge in [0.15, 0.2) is 34.7 Å². The highest BCUT2D eigenvalue weighted by Crippen LogP contribution is 2.27. The van der Waals surface area contributed by atoms with Crippen molar-refractivity contribution in [1.29, 1.82) is 5.26 Å². The van der Waals surface area contributed by atoms with E-state index in [4.69, 9.17) is 20.3 Å². The van der Waals surface area contributed by atoms with Crippen molar-refractivity contribution in [2.45, 2.75) is 18.6 Å². The van der Waals surface area contributed by atoms with E-state index in [9.17, 15) is 14.7 Å². The van der Waals surface area contributed by atoms with Crippen LogP contribution in [-0.4, -0.2) is 66.7 Å². The van der Waals surface area contributed by atoms with Crippen molar-refractivity contribution < 1.29 is 24.0 Å². The molecule has 1 fully saturated rings. The van der Waals surface area contributed by atoms with Crippen LogP contribution in [0.4, 0.5) is 17.3 Å². The lowest BCUT2D eigenvalue weighted by Gasteiger charge is -2.37. The number of nitrogens with two attached hydrogens (primary N) is 1. The van der Waals surface area contributed by atoms with Gasteiger partial charge >= 0.3 is 0 Å². The zero-order valence-corrected chi connectivity index (χ0v) is 18.8. The normalized spacial score (nSPS) is 17.5. The molecule has 5 rings (SSSR count). The quantitative estimate of drug-likeness (QED) is 0.350. The highest BCUT2D eigenvalue weighted by Gasteiger charge is 2.49. The first-order valence-electron chi connectivity index (χ1n) is 10.7. The Hall–Kier alpha value is -4.87. The maximum absolute atomic E-state index is 13.3. The van der Waals surface area contributed by atoms with Crippen molar-refractivity contribution in [3.05, 3.63) is 48.5 Å². The summed E-state index contributed by atoms with van der Waals surface area (Å²) < 4.78 is 12.0. The number of fused-ring (bicyclic) bond motifs is 1. The number of nitrogens with one attached hydrogen (secondary N) is 1. The lowest BCUT2D eigenvalue weighted by atomic mass is 9.95. The molecule has 0 bridgehead atoms. The van der Waals surface area contributed by atoms with Crippen molar-refractivity contribution in [1.82, 2.24) is 24.9 Å². The second kappa shape index (κ2) is 8.73. The molecule has 1 saturated heterocycles. The van der Waals surface area contributed by atoms with Crippen LogP contribution in [-0.2, 0) is 14.3 Å². The van der Waals surface area contributed by atoms with E-state index < -0.39 is 23.5 Å². The van der Waals surface area contributed by atoms with Gasteiger partial charge in [-0.25, -0.2) is 9.67 Å². The van der Waals surface area contributed by atoms with Crippen molar-refractivity contribution in [2.24, 2.45) is 0 Å². The second-order valence-corrected chi connectivity index (χ2v) is 8.09. The number of aliphatic hydroxyl groups is 1. The number of hydrogen-bond donors (Lipinski definition) is 3. The third kappa shape index (κ3) is 3.98. The summed E-state index contributed by atoms with van der Waals surface area (Å²) in [4.78, 5) is 35.4. The number of rotatable bonds is 5. The zero-order chi connectivity index (χ0) is 25.4. The topological polar surface area (TPSA) is 198 Å². The lowest BCUT2D eigenvalue weighted by Crippen LogP contribution is -2.61. The lowest BCUT2D eigenvalue weighted by molar-refractivity contribution is -0.165. The standard InChI is InChI=1S/C22H19N9O5/c1-22(34,21(33)26-12-2-3-13-14(10-12)36-29-19(13)24)18-20(32)30(8-9-35-18)17-5-7-31(28-17)16-4-6-25-15(11-23)27-16/h2-7,10,18,34H,8-9H2,1H3,(H2,24,29)(H,26,33)/t18-,22?/m0/s1. The molecule has 4 aromatic rings. The first kappa shape index (κ1) is 22.9. The number of morpholine rings is 1. The molecule has 14 nitrogen and oxygen atoms in total. The van der Waals surface area contributed by atoms with Crippen LogP contribution in [0.3, 0.4) is 0 Å². The molecule has 0 aliphatic carbocycles. The third-order valence-electron chi connectivity index (χ3n) is 5.64. The molecule has 36 heavy (non-hydrogen) atoms. The fraction of sp³-hybridized carbons (Fsp3) is 0.227. The average molecular weight is 489 g/mol. The average Bonchev–Trinajstić information content (AvgIpc) is 3.51. The van der Waals surface area contributed by atoms with Gasteiger partial charge in [-0.2, -0.15) is 10.2 Å². The van der Waals surface area contributed by atoms with Crippen LogP contribution in [0, 0.1) is 11.3 Å². The number of nitrogens with zero attached hydrogens (tertiary/aromatic N) is 7. The first-order chi connectivity index (χ1) is 17.3. The molecule has 182 valence electrons. The summed E-state index contributed by atoms with van der Waals surface area (Å²) in [5.74, 6) is -0.726. The number of nitriles is 1. The number of anilines is 3. The van der Waals surface area contributed by atoms with Crippen LogP contribution >= 0.6 is 0 Å². The Balaban J connectivity index is 1.34. The number of carbonyl (C=O) groups is 2. The maximum atomic E-state index is 13.3. The van der Waals surface area contributed by atoms with Crippen LogP contribution < -0.4 is 16.0 Å².